The second kappa shape index (κ2) is 8.62. The third kappa shape index (κ3) is 4.79. The molecule has 128 valence electrons. The minimum Gasteiger partial charge on any atom is -0.256 e. The second-order valence-corrected chi connectivity index (χ2v) is 6.67. The summed E-state index contributed by atoms with van der Waals surface area (Å²) in [5, 5.41) is 0. The number of benzene rings is 2. The molecule has 0 N–H and O–H groups in total. The van der Waals surface area contributed by atoms with E-state index in [1.165, 1.54) is 40.7 Å². The Kier molecular flexibility index (Phi) is 6.00. The summed E-state index contributed by atoms with van der Waals surface area (Å²) in [6.45, 7) is 4.38. The van der Waals surface area contributed by atoms with Gasteiger partial charge in [0.2, 0.25) is 0 Å². The van der Waals surface area contributed by atoms with Gasteiger partial charge in [-0.3, -0.25) is 4.98 Å². The zero-order valence-corrected chi connectivity index (χ0v) is 15.3. The molecule has 0 aliphatic carbocycles. The lowest BCUT2D eigenvalue weighted by Gasteiger charge is -2.06. The quantitative estimate of drug-likeness (QED) is 0.514. The monoisotopic (exact) mass is 329 g/mol. The van der Waals surface area contributed by atoms with Crippen LogP contribution in [0.1, 0.15) is 42.5 Å². The Balaban J connectivity index is 1.60. The largest absolute Gasteiger partial charge is 0.256 e. The highest BCUT2D eigenvalue weighted by molar-refractivity contribution is 5.59. The van der Waals surface area contributed by atoms with Gasteiger partial charge in [0.1, 0.15) is 0 Å². The first-order chi connectivity index (χ1) is 12.3. The fourth-order valence-electron chi connectivity index (χ4n) is 3.10. The molecular formula is C24H27N. The molecule has 0 fully saturated rings. The van der Waals surface area contributed by atoms with Crippen molar-refractivity contribution in [1.82, 2.24) is 4.98 Å². The lowest BCUT2D eigenvalue weighted by molar-refractivity contribution is 0.914. The Morgan fingerprint density at radius 3 is 1.60 bits per heavy atom. The Morgan fingerprint density at radius 1 is 0.600 bits per heavy atom. The van der Waals surface area contributed by atoms with Crippen molar-refractivity contribution in [3.8, 4) is 11.3 Å². The molecule has 0 amide bonds. The van der Waals surface area contributed by atoms with Crippen LogP contribution in [0.4, 0.5) is 0 Å². The third-order valence-electron chi connectivity index (χ3n) is 4.75. The van der Waals surface area contributed by atoms with Crippen molar-refractivity contribution in [1.29, 1.82) is 0 Å². The number of aromatic nitrogens is 1. The predicted molar refractivity (Wildman–Crippen MR) is 107 cm³/mol. The van der Waals surface area contributed by atoms with Crippen molar-refractivity contribution in [3.63, 3.8) is 0 Å². The van der Waals surface area contributed by atoms with Crippen LogP contribution in [-0.4, -0.2) is 4.98 Å². The first-order valence-electron chi connectivity index (χ1n) is 9.40. The van der Waals surface area contributed by atoms with Crippen molar-refractivity contribution >= 4 is 0 Å². The number of nitrogens with zero attached hydrogens (tertiary/aromatic N) is 1. The molecule has 0 bridgehead atoms. The van der Waals surface area contributed by atoms with Gasteiger partial charge in [0, 0.05) is 11.8 Å². The van der Waals surface area contributed by atoms with E-state index in [0.717, 1.165) is 25.0 Å². The van der Waals surface area contributed by atoms with E-state index in [2.05, 4.69) is 79.5 Å². The summed E-state index contributed by atoms with van der Waals surface area (Å²) in [5.74, 6) is 0. The van der Waals surface area contributed by atoms with Crippen LogP contribution in [0.5, 0.6) is 0 Å². The highest BCUT2D eigenvalue weighted by Crippen LogP contribution is 2.19. The van der Waals surface area contributed by atoms with Gasteiger partial charge in [-0.2, -0.15) is 0 Å². The molecule has 1 heterocycles. The average molecular weight is 329 g/mol. The average Bonchev–Trinajstić information content (AvgIpc) is 2.68. The minimum absolute atomic E-state index is 1.03. The smallest absolute Gasteiger partial charge is 0.0702 e. The van der Waals surface area contributed by atoms with E-state index in [1.54, 1.807) is 0 Å². The van der Waals surface area contributed by atoms with Gasteiger partial charge in [0.15, 0.2) is 0 Å². The molecule has 25 heavy (non-hydrogen) atoms. The van der Waals surface area contributed by atoms with Crippen molar-refractivity contribution < 1.29 is 0 Å². The van der Waals surface area contributed by atoms with Gasteiger partial charge in [-0.05, 0) is 54.0 Å². The summed E-state index contributed by atoms with van der Waals surface area (Å²) in [6.07, 6.45) is 7.57. The molecule has 0 radical (unpaired) electrons. The van der Waals surface area contributed by atoms with Gasteiger partial charge in [-0.1, -0.05) is 74.9 Å². The topological polar surface area (TPSA) is 12.9 Å². The van der Waals surface area contributed by atoms with Gasteiger partial charge in [-0.25, -0.2) is 0 Å². The van der Waals surface area contributed by atoms with Crippen molar-refractivity contribution in [2.45, 2.75) is 46.0 Å². The second-order valence-electron chi connectivity index (χ2n) is 6.67. The summed E-state index contributed by atoms with van der Waals surface area (Å²) < 4.78 is 0. The van der Waals surface area contributed by atoms with Crippen molar-refractivity contribution in [3.05, 3.63) is 89.1 Å². The zero-order chi connectivity index (χ0) is 17.5. The summed E-state index contributed by atoms with van der Waals surface area (Å²) >= 11 is 0. The van der Waals surface area contributed by atoms with Gasteiger partial charge in [0.05, 0.1) is 5.69 Å². The van der Waals surface area contributed by atoms with E-state index in [-0.39, 0.29) is 0 Å². The van der Waals surface area contributed by atoms with Gasteiger partial charge in [0.25, 0.3) is 0 Å². The number of hydrogen-bond acceptors (Lipinski definition) is 1. The minimum atomic E-state index is 1.03. The Bertz CT molecular complexity index is 768. The lowest BCUT2D eigenvalue weighted by Crippen LogP contribution is -1.93. The summed E-state index contributed by atoms with van der Waals surface area (Å²) in [4.78, 5) is 4.57. The van der Waals surface area contributed by atoms with E-state index < -0.39 is 0 Å². The molecule has 1 aromatic heterocycles. The molecule has 3 rings (SSSR count). The number of aryl methyl sites for hydroxylation is 4. The predicted octanol–water partition coefficient (Wildman–Crippen LogP) is 6.05. The maximum absolute atomic E-state index is 4.57. The molecule has 0 aliphatic heterocycles. The van der Waals surface area contributed by atoms with Crippen LogP contribution in [0, 0.1) is 0 Å². The van der Waals surface area contributed by atoms with Crippen molar-refractivity contribution in [2.75, 3.05) is 0 Å². The molecule has 1 heteroatoms. The highest BCUT2D eigenvalue weighted by Gasteiger charge is 2.01. The molecule has 0 aliphatic rings. The van der Waals surface area contributed by atoms with Crippen LogP contribution in [-0.2, 0) is 25.7 Å². The lowest BCUT2D eigenvalue weighted by atomic mass is 10.0. The number of pyridine rings is 1. The first kappa shape index (κ1) is 17.4. The van der Waals surface area contributed by atoms with Crippen LogP contribution in [0.2, 0.25) is 0 Å². The van der Waals surface area contributed by atoms with Crippen LogP contribution in [0.25, 0.3) is 11.3 Å². The fourth-order valence-corrected chi connectivity index (χ4v) is 3.10. The number of hydrogen-bond donors (Lipinski definition) is 0. The summed E-state index contributed by atoms with van der Waals surface area (Å²) in [6, 6.07) is 22.2. The van der Waals surface area contributed by atoms with Gasteiger partial charge >= 0.3 is 0 Å². The Morgan fingerprint density at radius 2 is 1.12 bits per heavy atom. The molecule has 0 saturated carbocycles. The van der Waals surface area contributed by atoms with Crippen LogP contribution >= 0.6 is 0 Å². The SMILES string of the molecule is CCCc1ccc(CCc2ccc(-c3ccc(CC)cn3)cc2)cc1. The van der Waals surface area contributed by atoms with E-state index in [4.69, 9.17) is 0 Å². The Hall–Kier alpha value is -2.41. The maximum atomic E-state index is 4.57. The zero-order valence-electron chi connectivity index (χ0n) is 15.3. The normalized spacial score (nSPS) is 10.8. The molecule has 0 spiro atoms. The summed E-state index contributed by atoms with van der Waals surface area (Å²) in [7, 11) is 0. The van der Waals surface area contributed by atoms with E-state index in [9.17, 15) is 0 Å². The Labute approximate surface area is 151 Å². The first-order valence-corrected chi connectivity index (χ1v) is 9.40. The molecule has 1 nitrogen and oxygen atoms in total. The van der Waals surface area contributed by atoms with E-state index >= 15 is 0 Å². The molecule has 2 aromatic carbocycles. The van der Waals surface area contributed by atoms with Gasteiger partial charge < -0.3 is 0 Å². The van der Waals surface area contributed by atoms with Crippen molar-refractivity contribution in [2.24, 2.45) is 0 Å². The van der Waals surface area contributed by atoms with E-state index in [0.29, 0.717) is 0 Å². The fraction of sp³-hybridized carbons (Fsp3) is 0.292. The van der Waals surface area contributed by atoms with Crippen LogP contribution < -0.4 is 0 Å². The summed E-state index contributed by atoms with van der Waals surface area (Å²) in [5.41, 5.74) is 7.76. The van der Waals surface area contributed by atoms with Crippen LogP contribution in [0.15, 0.2) is 66.9 Å². The molecule has 0 atom stereocenters. The van der Waals surface area contributed by atoms with Gasteiger partial charge in [-0.15, -0.1) is 0 Å². The molecular weight excluding hydrogens is 302 g/mol. The standard InChI is InChI=1S/C24H27N/c1-3-5-20-6-8-21(9-7-20)10-11-22-12-15-23(16-13-22)24-17-14-19(4-2)18-25-24/h6-9,12-18H,3-5,10-11H2,1-2H3. The third-order valence-corrected chi connectivity index (χ3v) is 4.75. The molecule has 0 unspecified atom stereocenters. The highest BCUT2D eigenvalue weighted by atomic mass is 14.7. The molecule has 3 aromatic rings. The number of rotatable bonds is 7. The van der Waals surface area contributed by atoms with Crippen LogP contribution in [0.3, 0.4) is 0 Å². The van der Waals surface area contributed by atoms with E-state index in [1.807, 2.05) is 6.20 Å². The maximum Gasteiger partial charge on any atom is 0.0702 e. The molecule has 0 saturated heterocycles.